The molecule has 5 heteroatoms. The molecular weight excluding hydrogens is 292 g/mol. The fourth-order valence-electron chi connectivity index (χ4n) is 0. The molecule has 5 radical (unpaired) electrons. The Kier molecular flexibility index (Phi) is 844. The van der Waals surface area contributed by atoms with Crippen molar-refractivity contribution in [1.82, 2.24) is 0 Å². The van der Waals surface area contributed by atoms with Crippen molar-refractivity contribution < 1.29 is 16.4 Å². The maximum Gasteiger partial charge on any atom is 3.00 e. The van der Waals surface area contributed by atoms with Crippen LogP contribution >= 0.6 is 0 Å². The molecule has 0 fully saturated rings. The topological polar surface area (TPSA) is 90.0 Å². The van der Waals surface area contributed by atoms with Crippen molar-refractivity contribution >= 4 is 48.9 Å². The number of hydrogen-bond acceptors (Lipinski definition) is 3. The first-order chi connectivity index (χ1) is 0. The van der Waals surface area contributed by atoms with E-state index in [1.807, 2.05) is 0 Å². The van der Waals surface area contributed by atoms with Crippen molar-refractivity contribution in [3.05, 3.63) is 0 Å². The summed E-state index contributed by atoms with van der Waals surface area (Å²) >= 11 is 0. The maximum atomic E-state index is 0. The van der Waals surface area contributed by atoms with Crippen LogP contribution in [0.15, 0.2) is 0 Å². The van der Waals surface area contributed by atoms with Gasteiger partial charge in [-0.05, 0) is 0 Å². The van der Waals surface area contributed by atoms with E-state index >= 15 is 0 Å². The molecule has 0 rings (SSSR count). The van der Waals surface area contributed by atoms with E-state index in [1.165, 1.54) is 0 Å². The first kappa shape index (κ1) is 86.2. The molecule has 0 aliphatic rings. The van der Waals surface area contributed by atoms with Gasteiger partial charge in [0.15, 0.2) is 0 Å². The van der Waals surface area contributed by atoms with Crippen LogP contribution in [0.25, 0.3) is 0 Å². The molecule has 0 aliphatic carbocycles. The Morgan fingerprint density at radius 3 is 0.600 bits per heavy atom. The average Bonchev–Trinajstić information content (AvgIpc) is 0. The monoisotopic (exact) mass is 293 g/mol. The maximum absolute atomic E-state index is 0. The molecule has 0 aromatic carbocycles. The summed E-state index contributed by atoms with van der Waals surface area (Å²) in [4.78, 5) is 0. The van der Waals surface area contributed by atoms with Crippen molar-refractivity contribution in [3.8, 4) is 0 Å². The SMILES string of the molecule is [OH-].[OH-].[OH-].[Sb+3].[Sb]. The van der Waals surface area contributed by atoms with Gasteiger partial charge in [0, 0.05) is 24.4 Å². The summed E-state index contributed by atoms with van der Waals surface area (Å²) in [5, 5.41) is 0. The summed E-state index contributed by atoms with van der Waals surface area (Å²) < 4.78 is 0. The van der Waals surface area contributed by atoms with Crippen LogP contribution in [0.1, 0.15) is 0 Å². The molecule has 31 valence electrons. The summed E-state index contributed by atoms with van der Waals surface area (Å²) in [6.45, 7) is 0. The fraction of sp³-hybridized carbons (Fsp3) is 0. The second kappa shape index (κ2) is 48.9. The van der Waals surface area contributed by atoms with Crippen LogP contribution in [0.2, 0.25) is 0 Å². The van der Waals surface area contributed by atoms with E-state index in [9.17, 15) is 0 Å². The van der Waals surface area contributed by atoms with Gasteiger partial charge in [-0.3, -0.25) is 0 Å². The minimum atomic E-state index is 0. The van der Waals surface area contributed by atoms with Crippen LogP contribution in [-0.2, 0) is 0 Å². The largest absolute Gasteiger partial charge is 3.00 e. The Labute approximate surface area is 65.0 Å². The first-order valence-corrected chi connectivity index (χ1v) is 0. The molecule has 0 spiro atoms. The molecule has 3 nitrogen and oxygen atoms in total. The van der Waals surface area contributed by atoms with Crippen molar-refractivity contribution in [2.45, 2.75) is 0 Å². The van der Waals surface area contributed by atoms with E-state index < -0.39 is 0 Å². The molecular formula is H3O3Sb2. The zero-order valence-corrected chi connectivity index (χ0v) is 7.34. The molecule has 0 unspecified atom stereocenters. The van der Waals surface area contributed by atoms with Crippen LogP contribution in [0.4, 0.5) is 0 Å². The van der Waals surface area contributed by atoms with E-state index in [2.05, 4.69) is 0 Å². The van der Waals surface area contributed by atoms with E-state index in [0.29, 0.717) is 0 Å². The first-order valence-electron chi connectivity index (χ1n) is 0. The predicted molar refractivity (Wildman–Crippen MR) is 17.3 cm³/mol. The molecule has 3 N–H and O–H groups in total. The van der Waals surface area contributed by atoms with Gasteiger partial charge in [-0.2, -0.15) is 0 Å². The number of rotatable bonds is 0. The predicted octanol–water partition coefficient (Wildman–Crippen LogP) is -1.29. The second-order valence-electron chi connectivity index (χ2n) is 0. The molecule has 0 saturated carbocycles. The quantitative estimate of drug-likeness (QED) is 0.520. The molecule has 0 aliphatic heterocycles. The van der Waals surface area contributed by atoms with Gasteiger partial charge in [-0.15, -0.1) is 0 Å². The molecule has 0 atom stereocenters. The molecule has 0 saturated heterocycles. The Bertz CT molecular complexity index is 4.85. The van der Waals surface area contributed by atoms with E-state index in [4.69, 9.17) is 0 Å². The third-order valence-corrected chi connectivity index (χ3v) is 0. The van der Waals surface area contributed by atoms with Gasteiger partial charge in [0.25, 0.3) is 0 Å². The molecule has 0 amide bonds. The third-order valence-electron chi connectivity index (χ3n) is 0. The van der Waals surface area contributed by atoms with E-state index in [0.717, 1.165) is 0 Å². The minimum absolute atomic E-state index is 0. The Morgan fingerprint density at radius 2 is 0.600 bits per heavy atom. The van der Waals surface area contributed by atoms with Crippen molar-refractivity contribution in [2.24, 2.45) is 0 Å². The summed E-state index contributed by atoms with van der Waals surface area (Å²) in [6.07, 6.45) is 0. The smallest absolute Gasteiger partial charge is 0.870 e. The van der Waals surface area contributed by atoms with Gasteiger partial charge < -0.3 is 16.4 Å². The number of hydrogen-bond donors (Lipinski definition) is 0. The Hall–Kier alpha value is 1.52. The summed E-state index contributed by atoms with van der Waals surface area (Å²) in [7, 11) is 0. The second-order valence-corrected chi connectivity index (χ2v) is 0. The molecule has 0 aromatic rings. The summed E-state index contributed by atoms with van der Waals surface area (Å²) in [5.41, 5.74) is 0. The van der Waals surface area contributed by atoms with Gasteiger partial charge in [-0.1, -0.05) is 0 Å². The van der Waals surface area contributed by atoms with Crippen molar-refractivity contribution in [2.75, 3.05) is 0 Å². The third kappa shape index (κ3) is 29.7. The van der Waals surface area contributed by atoms with Crippen molar-refractivity contribution in [1.29, 1.82) is 0 Å². The zero-order valence-electron chi connectivity index (χ0n) is 2.24. The van der Waals surface area contributed by atoms with Crippen molar-refractivity contribution in [3.63, 3.8) is 0 Å². The molecule has 0 aromatic heterocycles. The van der Waals surface area contributed by atoms with Gasteiger partial charge in [-0.25, -0.2) is 0 Å². The van der Waals surface area contributed by atoms with Crippen LogP contribution < -0.4 is 0 Å². The summed E-state index contributed by atoms with van der Waals surface area (Å²) in [5.74, 6) is 0. The fourth-order valence-corrected chi connectivity index (χ4v) is 0. The molecule has 0 bridgehead atoms. The van der Waals surface area contributed by atoms with E-state index in [1.54, 1.807) is 0 Å². The van der Waals surface area contributed by atoms with Crippen LogP contribution in [-0.4, -0.2) is 65.3 Å². The normalized spacial score (nSPS) is 0. The zero-order chi connectivity index (χ0) is 0. The summed E-state index contributed by atoms with van der Waals surface area (Å²) in [6, 6.07) is 0. The minimum Gasteiger partial charge on any atom is -0.870 e. The van der Waals surface area contributed by atoms with Gasteiger partial charge >= 0.3 is 24.4 Å². The van der Waals surface area contributed by atoms with Gasteiger partial charge in [0.2, 0.25) is 0 Å². The van der Waals surface area contributed by atoms with Gasteiger partial charge in [0.1, 0.15) is 0 Å². The average molecular weight is 295 g/mol. The van der Waals surface area contributed by atoms with E-state index in [-0.39, 0.29) is 65.3 Å². The van der Waals surface area contributed by atoms with Crippen LogP contribution in [0.3, 0.4) is 0 Å². The van der Waals surface area contributed by atoms with Crippen LogP contribution in [0, 0.1) is 0 Å². The Morgan fingerprint density at radius 1 is 0.600 bits per heavy atom. The molecule has 5 heavy (non-hydrogen) atoms. The Balaban J connectivity index is 0. The van der Waals surface area contributed by atoms with Crippen LogP contribution in [0.5, 0.6) is 0 Å². The standard InChI is InChI=1S/3H2O.2Sb/h3*1H2;;/q;;;;+3/p-3. The molecule has 0 heterocycles. The van der Waals surface area contributed by atoms with Gasteiger partial charge in [0.05, 0.1) is 0 Å².